The van der Waals surface area contributed by atoms with Crippen molar-refractivity contribution >= 4 is 33.9 Å². The van der Waals surface area contributed by atoms with Crippen LogP contribution in [-0.2, 0) is 0 Å². The van der Waals surface area contributed by atoms with Gasteiger partial charge in [0.15, 0.2) is 0 Å². The number of aromatic nitrogens is 4. The summed E-state index contributed by atoms with van der Waals surface area (Å²) in [6.07, 6.45) is 4.24. The zero-order valence-electron chi connectivity index (χ0n) is 23.4. The lowest BCUT2D eigenvalue weighted by Crippen LogP contribution is -2.14. The average molecular weight is 568 g/mol. The number of nitrogens with zero attached hydrogens (tertiary/aromatic N) is 5. The summed E-state index contributed by atoms with van der Waals surface area (Å²) in [5.41, 5.74) is 6.19. The number of halogens is 2. The topological polar surface area (TPSA) is 91.5 Å². The van der Waals surface area contributed by atoms with Crippen LogP contribution in [0, 0.1) is 24.1 Å². The number of pyridine rings is 1. The van der Waals surface area contributed by atoms with E-state index in [-0.39, 0.29) is 17.9 Å². The molecule has 3 aromatic carbocycles. The maximum atomic E-state index is 13.8. The summed E-state index contributed by atoms with van der Waals surface area (Å²) < 4.78 is 15.6. The molecule has 0 bridgehead atoms. The molecule has 2 atom stereocenters. The zero-order valence-corrected chi connectivity index (χ0v) is 24.1. The minimum absolute atomic E-state index is 0.0256. The maximum Gasteiger partial charge on any atom is 0.123 e. The van der Waals surface area contributed by atoms with Crippen LogP contribution in [0.2, 0.25) is 5.02 Å². The number of hydrogen-bond acceptors (Lipinski definition) is 6. The predicted molar refractivity (Wildman–Crippen MR) is 162 cm³/mol. The second kappa shape index (κ2) is 11.9. The van der Waals surface area contributed by atoms with Gasteiger partial charge in [0, 0.05) is 23.3 Å². The van der Waals surface area contributed by atoms with Crippen LogP contribution in [0.25, 0.3) is 10.9 Å². The number of anilines is 2. The van der Waals surface area contributed by atoms with Gasteiger partial charge in [0.05, 0.1) is 40.1 Å². The molecule has 41 heavy (non-hydrogen) atoms. The van der Waals surface area contributed by atoms with Crippen molar-refractivity contribution in [2.75, 3.05) is 10.6 Å². The summed E-state index contributed by atoms with van der Waals surface area (Å²) in [7, 11) is 0. The van der Waals surface area contributed by atoms with Crippen LogP contribution < -0.4 is 10.6 Å². The van der Waals surface area contributed by atoms with E-state index in [2.05, 4.69) is 58.0 Å². The Hall–Kier alpha value is -4.48. The van der Waals surface area contributed by atoms with Crippen molar-refractivity contribution in [2.24, 2.45) is 0 Å². The first kappa shape index (κ1) is 28.1. The van der Waals surface area contributed by atoms with Crippen LogP contribution in [0.5, 0.6) is 0 Å². The Morgan fingerprint density at radius 1 is 1.07 bits per heavy atom. The first-order chi connectivity index (χ1) is 19.8. The van der Waals surface area contributed by atoms with Gasteiger partial charge in [-0.05, 0) is 68.1 Å². The van der Waals surface area contributed by atoms with E-state index in [1.807, 2.05) is 38.2 Å². The molecular weight excluding hydrogens is 537 g/mol. The van der Waals surface area contributed by atoms with Crippen molar-refractivity contribution < 1.29 is 4.39 Å². The average Bonchev–Trinajstić information content (AvgIpc) is 3.46. The molecule has 0 radical (unpaired) electrons. The molecule has 0 spiro atoms. The van der Waals surface area contributed by atoms with E-state index in [0.717, 1.165) is 22.9 Å². The fourth-order valence-electron chi connectivity index (χ4n) is 4.96. The molecule has 2 unspecified atom stereocenters. The normalized spacial score (nSPS) is 12.7. The van der Waals surface area contributed by atoms with E-state index in [1.54, 1.807) is 29.1 Å². The number of aryl methyl sites for hydroxylation is 1. The van der Waals surface area contributed by atoms with Gasteiger partial charge in [-0.2, -0.15) is 5.26 Å². The Balaban J connectivity index is 1.61. The summed E-state index contributed by atoms with van der Waals surface area (Å²) in [5.74, 6) is -0.322. The largest absolute Gasteiger partial charge is 0.377 e. The Kier molecular flexibility index (Phi) is 8.18. The molecule has 0 aliphatic heterocycles. The van der Waals surface area contributed by atoms with Crippen LogP contribution in [0.3, 0.4) is 0 Å². The molecule has 0 fully saturated rings. The Morgan fingerprint density at radius 3 is 2.49 bits per heavy atom. The second-order valence-corrected chi connectivity index (χ2v) is 10.7. The molecule has 0 saturated heterocycles. The van der Waals surface area contributed by atoms with Gasteiger partial charge in [0.2, 0.25) is 0 Å². The number of fused-ring (bicyclic) bond motifs is 1. The van der Waals surface area contributed by atoms with Crippen molar-refractivity contribution in [1.82, 2.24) is 20.0 Å². The minimum Gasteiger partial charge on any atom is -0.377 e. The fraction of sp³-hybridized carbons (Fsp3) is 0.250. The third-order valence-electron chi connectivity index (χ3n) is 7.20. The van der Waals surface area contributed by atoms with Crippen molar-refractivity contribution in [3.8, 4) is 6.07 Å². The maximum absolute atomic E-state index is 13.8. The standard InChI is InChI=1S/C32H31ClFN7/c1-5-28(25-9-7-6-8-20(25)4)38-30-22(16-35)17-36-32-26(30)14-24(15-27(32)33)37-31(21-10-12-23(34)13-11-21)29-18-41(19(2)3)40-39-29/h6-15,17-19,28,31,37H,5H2,1-4H3,(H,36,38). The van der Waals surface area contributed by atoms with Crippen molar-refractivity contribution in [1.29, 1.82) is 5.26 Å². The lowest BCUT2D eigenvalue weighted by atomic mass is 9.98. The molecule has 9 heteroatoms. The van der Waals surface area contributed by atoms with Gasteiger partial charge in [0.25, 0.3) is 0 Å². The first-order valence-electron chi connectivity index (χ1n) is 13.6. The van der Waals surface area contributed by atoms with E-state index in [1.165, 1.54) is 17.7 Å². The van der Waals surface area contributed by atoms with Crippen LogP contribution >= 0.6 is 11.6 Å². The van der Waals surface area contributed by atoms with E-state index in [9.17, 15) is 9.65 Å². The molecule has 0 saturated carbocycles. The monoisotopic (exact) mass is 567 g/mol. The molecule has 2 N–H and O–H groups in total. The van der Waals surface area contributed by atoms with Crippen LogP contribution in [-0.4, -0.2) is 20.0 Å². The van der Waals surface area contributed by atoms with E-state index >= 15 is 0 Å². The molecule has 0 aliphatic carbocycles. The highest BCUT2D eigenvalue weighted by atomic mass is 35.5. The lowest BCUT2D eigenvalue weighted by molar-refractivity contribution is 0.514. The van der Waals surface area contributed by atoms with Gasteiger partial charge in [0.1, 0.15) is 17.6 Å². The predicted octanol–water partition coefficient (Wildman–Crippen LogP) is 8.14. The van der Waals surface area contributed by atoms with Crippen LogP contribution in [0.15, 0.2) is 73.1 Å². The van der Waals surface area contributed by atoms with Gasteiger partial charge < -0.3 is 10.6 Å². The summed E-state index contributed by atoms with van der Waals surface area (Å²) >= 11 is 6.79. The van der Waals surface area contributed by atoms with E-state index in [4.69, 9.17) is 11.6 Å². The van der Waals surface area contributed by atoms with Gasteiger partial charge in [-0.25, -0.2) is 9.07 Å². The van der Waals surface area contributed by atoms with Crippen LogP contribution in [0.4, 0.5) is 15.8 Å². The molecule has 2 heterocycles. The highest BCUT2D eigenvalue weighted by Crippen LogP contribution is 2.37. The SMILES string of the molecule is CCC(Nc1c(C#N)cnc2c(Cl)cc(NC(c3ccc(F)cc3)c3cn(C(C)C)nn3)cc12)c1ccccc1C. The van der Waals surface area contributed by atoms with Gasteiger partial charge in [-0.1, -0.05) is 60.1 Å². The number of hydrogen-bond donors (Lipinski definition) is 2. The Labute approximate surface area is 244 Å². The second-order valence-electron chi connectivity index (χ2n) is 10.3. The summed E-state index contributed by atoms with van der Waals surface area (Å²) in [4.78, 5) is 4.52. The fourth-order valence-corrected chi connectivity index (χ4v) is 5.23. The molecule has 0 amide bonds. The third-order valence-corrected chi connectivity index (χ3v) is 7.49. The Bertz CT molecular complexity index is 1720. The van der Waals surface area contributed by atoms with Gasteiger partial charge in [-0.3, -0.25) is 4.98 Å². The number of nitrogens with one attached hydrogen (secondary N) is 2. The molecule has 5 rings (SSSR count). The number of benzene rings is 3. The molecule has 7 nitrogen and oxygen atoms in total. The quantitative estimate of drug-likeness (QED) is 0.187. The number of rotatable bonds is 9. The van der Waals surface area contributed by atoms with Crippen LogP contribution in [0.1, 0.15) is 73.3 Å². The molecule has 5 aromatic rings. The summed E-state index contributed by atoms with van der Waals surface area (Å²) in [6.45, 7) is 8.24. The zero-order chi connectivity index (χ0) is 29.1. The lowest BCUT2D eigenvalue weighted by Gasteiger charge is -2.23. The summed E-state index contributed by atoms with van der Waals surface area (Å²) in [6, 6.07) is 20.2. The minimum atomic E-state index is -0.435. The van der Waals surface area contributed by atoms with Crippen molar-refractivity contribution in [3.63, 3.8) is 0 Å². The first-order valence-corrected chi connectivity index (χ1v) is 13.9. The Morgan fingerprint density at radius 2 is 1.83 bits per heavy atom. The number of nitriles is 1. The summed E-state index contributed by atoms with van der Waals surface area (Å²) in [5, 5.41) is 27.0. The smallest absolute Gasteiger partial charge is 0.123 e. The molecule has 2 aromatic heterocycles. The molecule has 208 valence electrons. The molecule has 0 aliphatic rings. The highest BCUT2D eigenvalue weighted by molar-refractivity contribution is 6.35. The van der Waals surface area contributed by atoms with Gasteiger partial charge in [-0.15, -0.1) is 5.10 Å². The van der Waals surface area contributed by atoms with Gasteiger partial charge >= 0.3 is 0 Å². The van der Waals surface area contributed by atoms with Crippen molar-refractivity contribution in [3.05, 3.63) is 112 Å². The highest BCUT2D eigenvalue weighted by Gasteiger charge is 2.22. The van der Waals surface area contributed by atoms with E-state index < -0.39 is 6.04 Å². The van der Waals surface area contributed by atoms with E-state index in [0.29, 0.717) is 33.2 Å². The molecular formula is C32H31ClFN7. The third kappa shape index (κ3) is 5.86. The van der Waals surface area contributed by atoms with Crippen molar-refractivity contribution in [2.45, 2.75) is 52.2 Å².